The lowest BCUT2D eigenvalue weighted by Gasteiger charge is -2.48. The fourth-order valence-electron chi connectivity index (χ4n) is 3.60. The molecule has 2 aromatic carbocycles. The van der Waals surface area contributed by atoms with E-state index in [1.807, 2.05) is 60.7 Å². The molecule has 0 bridgehead atoms. The van der Waals surface area contributed by atoms with Crippen LogP contribution in [-0.2, 0) is 19.1 Å². The van der Waals surface area contributed by atoms with Gasteiger partial charge in [0.2, 0.25) is 5.91 Å². The van der Waals surface area contributed by atoms with Crippen molar-refractivity contribution in [3.63, 3.8) is 0 Å². The molecule has 2 aromatic rings. The van der Waals surface area contributed by atoms with Gasteiger partial charge in [0.1, 0.15) is 16.4 Å². The lowest BCUT2D eigenvalue weighted by atomic mass is 10.0. The summed E-state index contributed by atoms with van der Waals surface area (Å²) in [6, 6.07) is 21.0. The summed E-state index contributed by atoms with van der Waals surface area (Å²) in [7, 11) is 1.49. The minimum absolute atomic E-state index is 0.155. The van der Waals surface area contributed by atoms with Crippen LogP contribution < -0.4 is 0 Å². The number of nitriles is 1. The summed E-state index contributed by atoms with van der Waals surface area (Å²) < 4.78 is 11.4. The number of esters is 1. The third-order valence-electron chi connectivity index (χ3n) is 5.08. The van der Waals surface area contributed by atoms with Gasteiger partial charge in [-0.15, -0.1) is 23.5 Å². The number of ether oxygens (including phenoxy) is 2. The second-order valence-electron chi connectivity index (χ2n) is 6.88. The summed E-state index contributed by atoms with van der Waals surface area (Å²) in [5.74, 6) is 0.307. The van der Waals surface area contributed by atoms with Crippen molar-refractivity contribution in [1.29, 1.82) is 5.26 Å². The molecule has 2 heterocycles. The van der Waals surface area contributed by atoms with Crippen LogP contribution in [0.25, 0.3) is 0 Å². The molecular weight excluding hydrogens is 432 g/mol. The zero-order valence-electron chi connectivity index (χ0n) is 16.8. The first-order valence-corrected chi connectivity index (χ1v) is 11.8. The van der Waals surface area contributed by atoms with Crippen molar-refractivity contribution >= 4 is 35.4 Å². The minimum atomic E-state index is -0.617. The highest BCUT2D eigenvalue weighted by Crippen LogP contribution is 2.45. The summed E-state index contributed by atoms with van der Waals surface area (Å²) >= 11 is 2.82. The fourth-order valence-corrected chi connectivity index (χ4v) is 6.09. The van der Waals surface area contributed by atoms with Gasteiger partial charge in [0.15, 0.2) is 11.8 Å². The number of nitrogens with zero attached hydrogens (tertiary/aromatic N) is 2. The summed E-state index contributed by atoms with van der Waals surface area (Å²) in [6.07, 6.45) is -0.617. The number of carbonyl (C=O) groups excluding carboxylic acids is 2. The van der Waals surface area contributed by atoms with Gasteiger partial charge >= 0.3 is 5.97 Å². The smallest absolute Gasteiger partial charge is 0.359 e. The van der Waals surface area contributed by atoms with E-state index in [0.717, 1.165) is 11.1 Å². The molecule has 4 rings (SSSR count). The van der Waals surface area contributed by atoms with Gasteiger partial charge in [-0.25, -0.2) is 4.79 Å². The van der Waals surface area contributed by atoms with E-state index >= 15 is 0 Å². The van der Waals surface area contributed by atoms with Crippen LogP contribution in [0.5, 0.6) is 0 Å². The molecule has 0 radical (unpaired) electrons. The summed E-state index contributed by atoms with van der Waals surface area (Å²) in [6.45, 7) is 0. The first kappa shape index (κ1) is 21.3. The Kier molecular flexibility index (Phi) is 6.54. The average molecular weight is 453 g/mol. The van der Waals surface area contributed by atoms with Crippen molar-refractivity contribution in [1.82, 2.24) is 4.90 Å². The number of benzene rings is 2. The Morgan fingerprint density at radius 2 is 1.81 bits per heavy atom. The summed E-state index contributed by atoms with van der Waals surface area (Å²) in [5.41, 5.74) is 1.82. The SMILES string of the molecule is COC1=C(C(=O)OC(c2ccccc2)c2ccccc2)N2C(=O)C(SCC#N)[C@@H]2SC1. The predicted octanol–water partition coefficient (Wildman–Crippen LogP) is 3.72. The fraction of sp³-hybridized carbons (Fsp3) is 0.261. The highest BCUT2D eigenvalue weighted by molar-refractivity contribution is 8.04. The zero-order valence-corrected chi connectivity index (χ0v) is 18.4. The summed E-state index contributed by atoms with van der Waals surface area (Å²) in [4.78, 5) is 27.6. The maximum Gasteiger partial charge on any atom is 0.359 e. The van der Waals surface area contributed by atoms with E-state index in [9.17, 15) is 9.59 Å². The molecule has 1 amide bonds. The average Bonchev–Trinajstić information content (AvgIpc) is 2.82. The van der Waals surface area contributed by atoms with Crippen molar-refractivity contribution in [3.8, 4) is 6.07 Å². The number of fused-ring (bicyclic) bond motifs is 1. The Balaban J connectivity index is 1.63. The molecule has 2 aliphatic heterocycles. The maximum atomic E-state index is 13.4. The second kappa shape index (κ2) is 9.50. The quantitative estimate of drug-likeness (QED) is 0.468. The van der Waals surface area contributed by atoms with Gasteiger partial charge in [-0.1, -0.05) is 60.7 Å². The molecule has 0 saturated carbocycles. The topological polar surface area (TPSA) is 79.6 Å². The van der Waals surface area contributed by atoms with Crippen LogP contribution in [0.4, 0.5) is 0 Å². The molecule has 6 nitrogen and oxygen atoms in total. The Labute approximate surface area is 189 Å². The largest absolute Gasteiger partial charge is 0.498 e. The zero-order chi connectivity index (χ0) is 21.8. The van der Waals surface area contributed by atoms with E-state index in [1.165, 1.54) is 35.5 Å². The minimum Gasteiger partial charge on any atom is -0.498 e. The van der Waals surface area contributed by atoms with Gasteiger partial charge < -0.3 is 9.47 Å². The van der Waals surface area contributed by atoms with Crippen molar-refractivity contribution in [2.75, 3.05) is 18.6 Å². The molecule has 0 N–H and O–H groups in total. The van der Waals surface area contributed by atoms with Gasteiger partial charge in [0.05, 0.1) is 24.7 Å². The molecule has 2 atom stereocenters. The molecule has 31 heavy (non-hydrogen) atoms. The van der Waals surface area contributed by atoms with E-state index in [-0.39, 0.29) is 28.0 Å². The van der Waals surface area contributed by atoms with Gasteiger partial charge in [0.25, 0.3) is 0 Å². The van der Waals surface area contributed by atoms with E-state index in [0.29, 0.717) is 11.5 Å². The lowest BCUT2D eigenvalue weighted by molar-refractivity contribution is -0.151. The molecule has 1 saturated heterocycles. The molecule has 158 valence electrons. The van der Waals surface area contributed by atoms with Crippen LogP contribution >= 0.6 is 23.5 Å². The molecule has 0 aromatic heterocycles. The van der Waals surface area contributed by atoms with Gasteiger partial charge in [-0.05, 0) is 11.1 Å². The van der Waals surface area contributed by atoms with Crippen molar-refractivity contribution in [3.05, 3.63) is 83.2 Å². The van der Waals surface area contributed by atoms with E-state index in [2.05, 4.69) is 6.07 Å². The molecule has 0 spiro atoms. The highest BCUT2D eigenvalue weighted by Gasteiger charge is 2.54. The standard InChI is InChI=1S/C23H20N2O4S2/c1-28-17-14-31-22-20(30-13-12-24)21(26)25(22)18(17)23(27)29-19(15-8-4-2-5-9-15)16-10-6-3-7-11-16/h2-11,19-20,22H,13-14H2,1H3/t20?,22-/m0/s1. The molecule has 1 unspecified atom stereocenters. The highest BCUT2D eigenvalue weighted by atomic mass is 32.2. The Morgan fingerprint density at radius 1 is 1.19 bits per heavy atom. The number of amides is 1. The van der Waals surface area contributed by atoms with Crippen LogP contribution in [0, 0.1) is 11.3 Å². The number of methoxy groups -OCH3 is 1. The van der Waals surface area contributed by atoms with E-state index < -0.39 is 12.1 Å². The summed E-state index contributed by atoms with van der Waals surface area (Å²) in [5, 5.41) is 8.30. The number of thioether (sulfide) groups is 2. The first-order chi connectivity index (χ1) is 15.2. The third kappa shape index (κ3) is 4.16. The van der Waals surface area contributed by atoms with Crippen molar-refractivity contribution in [2.24, 2.45) is 0 Å². The molecule has 8 heteroatoms. The predicted molar refractivity (Wildman–Crippen MR) is 120 cm³/mol. The molecule has 0 aliphatic carbocycles. The van der Waals surface area contributed by atoms with E-state index in [4.69, 9.17) is 14.7 Å². The third-order valence-corrected chi connectivity index (χ3v) is 7.62. The second-order valence-corrected chi connectivity index (χ2v) is 9.12. The number of rotatable bonds is 7. The van der Waals surface area contributed by atoms with Crippen LogP contribution in [0.3, 0.4) is 0 Å². The van der Waals surface area contributed by atoms with Crippen LogP contribution in [0.2, 0.25) is 0 Å². The van der Waals surface area contributed by atoms with Crippen LogP contribution in [0.15, 0.2) is 72.1 Å². The normalized spacial score (nSPS) is 20.0. The molecule has 2 aliphatic rings. The number of β-lactam (4-membered cyclic amide) rings is 1. The number of hydrogen-bond acceptors (Lipinski definition) is 7. The molecular formula is C23H20N2O4S2. The van der Waals surface area contributed by atoms with Gasteiger partial charge in [-0.2, -0.15) is 5.26 Å². The lowest BCUT2D eigenvalue weighted by Crippen LogP contribution is -2.63. The van der Waals surface area contributed by atoms with Crippen LogP contribution in [0.1, 0.15) is 17.2 Å². The first-order valence-electron chi connectivity index (χ1n) is 9.67. The monoisotopic (exact) mass is 452 g/mol. The van der Waals surface area contributed by atoms with Gasteiger partial charge in [-0.3, -0.25) is 9.69 Å². The Bertz CT molecular complexity index is 997. The molecule has 1 fully saturated rings. The Hall–Kier alpha value is -2.89. The van der Waals surface area contributed by atoms with Crippen molar-refractivity contribution in [2.45, 2.75) is 16.7 Å². The Morgan fingerprint density at radius 3 is 2.35 bits per heavy atom. The van der Waals surface area contributed by atoms with Gasteiger partial charge in [0, 0.05) is 0 Å². The van der Waals surface area contributed by atoms with E-state index in [1.54, 1.807) is 0 Å². The number of hydrogen-bond donors (Lipinski definition) is 0. The van der Waals surface area contributed by atoms with Crippen molar-refractivity contribution < 1.29 is 19.1 Å². The maximum absolute atomic E-state index is 13.4. The van der Waals surface area contributed by atoms with Crippen LogP contribution in [-0.4, -0.2) is 46.0 Å². The number of carbonyl (C=O) groups is 2.